The molecule has 0 amide bonds. The van der Waals surface area contributed by atoms with E-state index < -0.39 is 23.8 Å². The van der Waals surface area contributed by atoms with Crippen LogP contribution >= 0.6 is 19.0 Å². The van der Waals surface area contributed by atoms with Gasteiger partial charge in [-0.05, 0) is 25.5 Å². The highest BCUT2D eigenvalue weighted by molar-refractivity contribution is 7.87. The second-order valence-electron chi connectivity index (χ2n) is 4.20. The van der Waals surface area contributed by atoms with Crippen molar-refractivity contribution in [1.29, 1.82) is 0 Å². The van der Waals surface area contributed by atoms with Crippen molar-refractivity contribution in [2.45, 2.75) is 25.7 Å². The van der Waals surface area contributed by atoms with Crippen molar-refractivity contribution >= 4 is 29.1 Å². The molecule has 0 aliphatic carbocycles. The Morgan fingerprint density at radius 2 is 1.95 bits per heavy atom. The number of hydrogen-bond donors (Lipinski definition) is 0. The molecule has 0 fully saturated rings. The Balaban J connectivity index is 2.94. The molecule has 9 heteroatoms. The van der Waals surface area contributed by atoms with Crippen LogP contribution in [0.1, 0.15) is 19.4 Å². The maximum atomic E-state index is 12.2. The smallest absolute Gasteiger partial charge is 0.288 e. The summed E-state index contributed by atoms with van der Waals surface area (Å²) in [4.78, 5) is 4.51. The van der Waals surface area contributed by atoms with Crippen molar-refractivity contribution in [2.75, 3.05) is 19.1 Å². The van der Waals surface area contributed by atoms with Crippen molar-refractivity contribution in [3.05, 3.63) is 28.8 Å². The Bertz CT molecular complexity index is 610. The van der Waals surface area contributed by atoms with Crippen LogP contribution in [0.5, 0.6) is 0 Å². The average molecular weight is 357 g/mol. The van der Waals surface area contributed by atoms with Crippen LogP contribution in [-0.4, -0.2) is 27.5 Å². The van der Waals surface area contributed by atoms with E-state index in [9.17, 15) is 13.0 Å². The minimum Gasteiger partial charge on any atom is -0.288 e. The molecule has 0 N–H and O–H groups in total. The van der Waals surface area contributed by atoms with Crippen molar-refractivity contribution in [2.24, 2.45) is 0 Å². The van der Waals surface area contributed by atoms with E-state index in [1.165, 1.54) is 6.07 Å². The van der Waals surface area contributed by atoms with E-state index in [1.807, 2.05) is 0 Å². The molecule has 1 rings (SSSR count). The quantitative estimate of drug-likeness (QED) is 0.306. The molecule has 0 aliphatic rings. The van der Waals surface area contributed by atoms with Gasteiger partial charge in [0.05, 0.1) is 11.6 Å². The molecule has 120 valence electrons. The van der Waals surface area contributed by atoms with E-state index in [2.05, 4.69) is 4.89 Å². The molecule has 0 bridgehead atoms. The average Bonchev–Trinajstić information content (AvgIpc) is 2.43. The summed E-state index contributed by atoms with van der Waals surface area (Å²) >= 11 is 5.90. The first-order chi connectivity index (χ1) is 9.75. The first-order valence-electron chi connectivity index (χ1n) is 6.29. The summed E-state index contributed by atoms with van der Waals surface area (Å²) in [5.41, 5.74) is 0.444. The van der Waals surface area contributed by atoms with Crippen LogP contribution in [0, 0.1) is 6.92 Å². The van der Waals surface area contributed by atoms with Crippen LogP contribution in [0.25, 0.3) is 0 Å². The molecule has 0 spiro atoms. The summed E-state index contributed by atoms with van der Waals surface area (Å²) < 4.78 is 46.2. The highest BCUT2D eigenvalue weighted by atomic mass is 35.5. The predicted molar refractivity (Wildman–Crippen MR) is 80.2 cm³/mol. The molecule has 0 saturated heterocycles. The number of hydrogen-bond acceptors (Lipinski definition) is 6. The highest BCUT2D eigenvalue weighted by Gasteiger charge is 2.29. The third-order valence-corrected chi connectivity index (χ3v) is 6.54. The summed E-state index contributed by atoms with van der Waals surface area (Å²) in [7, 11) is -7.46. The molecule has 0 aliphatic heterocycles. The van der Waals surface area contributed by atoms with Crippen LogP contribution in [0.3, 0.4) is 0 Å². The minimum absolute atomic E-state index is 0.0482. The van der Waals surface area contributed by atoms with Gasteiger partial charge < -0.3 is 0 Å². The van der Waals surface area contributed by atoms with Gasteiger partial charge >= 0.3 is 0 Å². The zero-order chi connectivity index (χ0) is 16.1. The topological polar surface area (TPSA) is 78.9 Å². The van der Waals surface area contributed by atoms with Crippen molar-refractivity contribution in [3.63, 3.8) is 0 Å². The lowest BCUT2D eigenvalue weighted by Crippen LogP contribution is -2.12. The number of halogens is 1. The predicted octanol–water partition coefficient (Wildman–Crippen LogP) is 3.58. The molecule has 6 nitrogen and oxygen atoms in total. The largest absolute Gasteiger partial charge is 0.299 e. The maximum absolute atomic E-state index is 12.2. The minimum atomic E-state index is -4.13. The number of benzene rings is 1. The van der Waals surface area contributed by atoms with Gasteiger partial charge in [0.15, 0.2) is 0 Å². The summed E-state index contributed by atoms with van der Waals surface area (Å²) in [5.74, 6) is 0. The van der Waals surface area contributed by atoms with Gasteiger partial charge in [0, 0.05) is 6.16 Å². The highest BCUT2D eigenvalue weighted by Crippen LogP contribution is 2.47. The summed E-state index contributed by atoms with van der Waals surface area (Å²) in [6, 6.07) is 4.67. The van der Waals surface area contributed by atoms with Gasteiger partial charge in [-0.15, -0.1) is 0 Å². The van der Waals surface area contributed by atoms with Gasteiger partial charge in [-0.1, -0.05) is 30.7 Å². The van der Waals surface area contributed by atoms with Crippen molar-refractivity contribution in [3.8, 4) is 0 Å². The molecular formula is C12H18ClO6PS. The molecule has 0 radical (unpaired) electrons. The molecule has 0 saturated carbocycles. The van der Waals surface area contributed by atoms with E-state index in [0.29, 0.717) is 5.56 Å². The summed E-state index contributed by atoms with van der Waals surface area (Å²) in [6.45, 7) is 5.04. The lowest BCUT2D eigenvalue weighted by atomic mass is 10.2. The molecule has 21 heavy (non-hydrogen) atoms. The molecule has 0 aromatic heterocycles. The normalized spacial score (nSPS) is 14.9. The monoisotopic (exact) mass is 356 g/mol. The van der Waals surface area contributed by atoms with Gasteiger partial charge in [-0.25, -0.2) is 4.89 Å². The lowest BCUT2D eigenvalue weighted by Gasteiger charge is -2.16. The molecule has 1 atom stereocenters. The number of aryl methyl sites for hydroxylation is 1. The molecule has 1 aromatic carbocycles. The Labute approximate surface area is 129 Å². The Morgan fingerprint density at radius 1 is 1.29 bits per heavy atom. The van der Waals surface area contributed by atoms with Crippen LogP contribution in [0.2, 0.25) is 5.02 Å². The third-order valence-electron chi connectivity index (χ3n) is 2.61. The summed E-state index contributed by atoms with van der Waals surface area (Å²) in [6.07, 6.45) is -0.513. The van der Waals surface area contributed by atoms with E-state index in [-0.39, 0.29) is 22.7 Å². The van der Waals surface area contributed by atoms with Gasteiger partial charge in [0.2, 0.25) is 0 Å². The van der Waals surface area contributed by atoms with E-state index in [4.69, 9.17) is 20.5 Å². The fraction of sp³-hybridized carbons (Fsp3) is 0.500. The van der Waals surface area contributed by atoms with E-state index in [1.54, 1.807) is 32.9 Å². The Hall–Kier alpha value is -0.430. The first kappa shape index (κ1) is 18.6. The van der Waals surface area contributed by atoms with Crippen LogP contribution in [-0.2, 0) is 28.4 Å². The summed E-state index contributed by atoms with van der Waals surface area (Å²) in [5, 5.41) is 0.0482. The SMILES string of the molecule is CCOOP(=O)(CC)COS(=O)(=O)c1c(C)cccc1Cl. The molecule has 1 unspecified atom stereocenters. The van der Waals surface area contributed by atoms with Gasteiger partial charge in [-0.3, -0.25) is 8.75 Å². The lowest BCUT2D eigenvalue weighted by molar-refractivity contribution is -0.201. The van der Waals surface area contributed by atoms with Gasteiger partial charge in [-0.2, -0.15) is 13.1 Å². The van der Waals surface area contributed by atoms with Crippen LogP contribution in [0.4, 0.5) is 0 Å². The maximum Gasteiger partial charge on any atom is 0.299 e. The standard InChI is InChI=1S/C12H18ClO6PS/c1-4-17-19-20(14,5-2)9-18-21(15,16)12-10(3)7-6-8-11(12)13/h6-8H,4-5,9H2,1-3H3. The van der Waals surface area contributed by atoms with E-state index in [0.717, 1.165) is 0 Å². The van der Waals surface area contributed by atoms with Crippen LogP contribution < -0.4 is 0 Å². The first-order valence-corrected chi connectivity index (χ1v) is 10.1. The van der Waals surface area contributed by atoms with Gasteiger partial charge in [0.25, 0.3) is 17.5 Å². The van der Waals surface area contributed by atoms with Crippen molar-refractivity contribution < 1.29 is 26.7 Å². The second-order valence-corrected chi connectivity index (χ2v) is 8.83. The van der Waals surface area contributed by atoms with E-state index >= 15 is 0 Å². The zero-order valence-corrected chi connectivity index (χ0v) is 14.5. The van der Waals surface area contributed by atoms with Crippen molar-refractivity contribution in [1.82, 2.24) is 0 Å². The third kappa shape index (κ3) is 5.06. The molecular weight excluding hydrogens is 339 g/mol. The second kappa shape index (κ2) is 7.72. The molecule has 1 aromatic rings. The Kier molecular flexibility index (Phi) is 6.84. The number of rotatable bonds is 8. The fourth-order valence-corrected chi connectivity index (χ4v) is 4.67. The molecule has 0 heterocycles. The fourth-order valence-electron chi connectivity index (χ4n) is 1.46. The van der Waals surface area contributed by atoms with Crippen LogP contribution in [0.15, 0.2) is 23.1 Å². The zero-order valence-electron chi connectivity index (χ0n) is 12.0. The van der Waals surface area contributed by atoms with Gasteiger partial charge in [0.1, 0.15) is 11.2 Å². The Morgan fingerprint density at radius 3 is 2.48 bits per heavy atom.